The second-order valence-corrected chi connectivity index (χ2v) is 7.92. The lowest BCUT2D eigenvalue weighted by molar-refractivity contribution is 0.247. The van der Waals surface area contributed by atoms with E-state index in [9.17, 15) is 4.39 Å². The van der Waals surface area contributed by atoms with Crippen LogP contribution in [0.4, 0.5) is 4.39 Å². The molecule has 0 aliphatic heterocycles. The molecule has 2 nitrogen and oxygen atoms in total. The number of thiophene rings is 1. The molecule has 1 aromatic heterocycles. The molecule has 1 heterocycles. The summed E-state index contributed by atoms with van der Waals surface area (Å²) in [6.07, 6.45) is 0.0472. The Labute approximate surface area is 168 Å². The highest BCUT2D eigenvalue weighted by atomic mass is 32.1. The lowest BCUT2D eigenvalue weighted by Gasteiger charge is -2.12. The van der Waals surface area contributed by atoms with Crippen LogP contribution in [0.1, 0.15) is 19.4 Å². The van der Waals surface area contributed by atoms with Crippen molar-refractivity contribution in [1.82, 2.24) is 0 Å². The van der Waals surface area contributed by atoms with Gasteiger partial charge in [-0.05, 0) is 55.3 Å². The zero-order valence-corrected chi connectivity index (χ0v) is 16.6. The second kappa shape index (κ2) is 8.03. The summed E-state index contributed by atoms with van der Waals surface area (Å²) in [4.78, 5) is 1.00. The fourth-order valence-corrected chi connectivity index (χ4v) is 4.20. The van der Waals surface area contributed by atoms with E-state index in [4.69, 9.17) is 9.47 Å². The number of benzene rings is 3. The average molecular weight is 392 g/mol. The summed E-state index contributed by atoms with van der Waals surface area (Å²) >= 11 is 1.63. The molecule has 4 aromatic rings. The molecule has 0 radical (unpaired) electrons. The van der Waals surface area contributed by atoms with Crippen LogP contribution in [-0.2, 0) is 6.61 Å². The van der Waals surface area contributed by atoms with Crippen molar-refractivity contribution in [3.63, 3.8) is 0 Å². The third kappa shape index (κ3) is 4.02. The van der Waals surface area contributed by atoms with Gasteiger partial charge in [-0.3, -0.25) is 0 Å². The first-order valence-electron chi connectivity index (χ1n) is 9.26. The van der Waals surface area contributed by atoms with Crippen molar-refractivity contribution < 1.29 is 13.9 Å². The molecule has 0 N–H and O–H groups in total. The second-order valence-electron chi connectivity index (χ2n) is 6.87. The summed E-state index contributed by atoms with van der Waals surface area (Å²) in [6.45, 7) is 4.54. The van der Waals surface area contributed by atoms with E-state index in [1.807, 2.05) is 62.4 Å². The Kier molecular flexibility index (Phi) is 5.31. The van der Waals surface area contributed by atoms with Gasteiger partial charge < -0.3 is 9.47 Å². The van der Waals surface area contributed by atoms with Gasteiger partial charge in [0.1, 0.15) is 23.9 Å². The normalized spacial score (nSPS) is 11.1. The van der Waals surface area contributed by atoms with E-state index in [1.54, 1.807) is 23.5 Å². The van der Waals surface area contributed by atoms with Gasteiger partial charge in [-0.25, -0.2) is 4.39 Å². The molecule has 0 amide bonds. The first-order chi connectivity index (χ1) is 13.6. The van der Waals surface area contributed by atoms with Crippen molar-refractivity contribution in [2.45, 2.75) is 26.6 Å². The van der Waals surface area contributed by atoms with E-state index in [0.717, 1.165) is 37.6 Å². The fraction of sp³-hybridized carbons (Fsp3) is 0.167. The Morgan fingerprint density at radius 1 is 0.929 bits per heavy atom. The minimum Gasteiger partial charge on any atom is -0.489 e. The highest BCUT2D eigenvalue weighted by molar-refractivity contribution is 7.22. The van der Waals surface area contributed by atoms with Crippen molar-refractivity contribution in [3.05, 3.63) is 84.2 Å². The van der Waals surface area contributed by atoms with Crippen molar-refractivity contribution >= 4 is 21.4 Å². The maximum Gasteiger partial charge on any atom is 0.146 e. The molecule has 0 saturated carbocycles. The first-order valence-corrected chi connectivity index (χ1v) is 10.1. The summed E-state index contributed by atoms with van der Waals surface area (Å²) in [7, 11) is 0. The van der Waals surface area contributed by atoms with Crippen molar-refractivity contribution in [3.8, 4) is 21.9 Å². The number of rotatable bonds is 6. The third-order valence-corrected chi connectivity index (χ3v) is 5.51. The molecule has 0 unspecified atom stereocenters. The molecule has 0 fully saturated rings. The molecule has 3 aromatic carbocycles. The Morgan fingerprint density at radius 3 is 2.39 bits per heavy atom. The van der Waals surface area contributed by atoms with Gasteiger partial charge in [-0.2, -0.15) is 0 Å². The van der Waals surface area contributed by atoms with Gasteiger partial charge >= 0.3 is 0 Å². The van der Waals surface area contributed by atoms with Gasteiger partial charge in [-0.15, -0.1) is 11.3 Å². The summed E-state index contributed by atoms with van der Waals surface area (Å²) in [5.41, 5.74) is 2.08. The smallest absolute Gasteiger partial charge is 0.146 e. The fourth-order valence-electron chi connectivity index (χ4n) is 3.03. The summed E-state index contributed by atoms with van der Waals surface area (Å²) in [5.74, 6) is 1.42. The molecule has 142 valence electrons. The van der Waals surface area contributed by atoms with Crippen LogP contribution in [0.2, 0.25) is 0 Å². The lowest BCUT2D eigenvalue weighted by Crippen LogP contribution is -2.05. The number of halogens is 1. The predicted octanol–water partition coefficient (Wildman–Crippen LogP) is 7.07. The summed E-state index contributed by atoms with van der Waals surface area (Å²) < 4.78 is 26.5. The van der Waals surface area contributed by atoms with Crippen LogP contribution in [0.25, 0.3) is 20.5 Å². The number of ether oxygens (including phenoxy) is 2. The summed E-state index contributed by atoms with van der Waals surface area (Å²) in [5, 5.41) is 1.05. The molecule has 0 bridgehead atoms. The SMILES string of the molecule is CC(C)Oc1c(-c2ccc(F)cc2)sc2cc(OCc3ccccc3)ccc12. The van der Waals surface area contributed by atoms with Crippen molar-refractivity contribution in [2.75, 3.05) is 0 Å². The minimum absolute atomic E-state index is 0.0472. The molecule has 0 aliphatic rings. The van der Waals surface area contributed by atoms with Crippen molar-refractivity contribution in [2.24, 2.45) is 0 Å². The van der Waals surface area contributed by atoms with Crippen LogP contribution in [0, 0.1) is 5.82 Å². The molecule has 0 atom stereocenters. The Morgan fingerprint density at radius 2 is 1.68 bits per heavy atom. The van der Waals surface area contributed by atoms with Crippen LogP contribution in [0.5, 0.6) is 11.5 Å². The molecule has 0 spiro atoms. The van der Waals surface area contributed by atoms with E-state index in [-0.39, 0.29) is 11.9 Å². The monoisotopic (exact) mass is 392 g/mol. The van der Waals surface area contributed by atoms with E-state index in [1.165, 1.54) is 12.1 Å². The quantitative estimate of drug-likeness (QED) is 0.349. The number of hydrogen-bond acceptors (Lipinski definition) is 3. The highest BCUT2D eigenvalue weighted by Crippen LogP contribution is 2.46. The van der Waals surface area contributed by atoms with Crippen molar-refractivity contribution in [1.29, 1.82) is 0 Å². The third-order valence-electron chi connectivity index (χ3n) is 4.32. The average Bonchev–Trinajstić information content (AvgIpc) is 3.05. The van der Waals surface area contributed by atoms with Crippen LogP contribution in [0.3, 0.4) is 0 Å². The number of hydrogen-bond donors (Lipinski definition) is 0. The van der Waals surface area contributed by atoms with Gasteiger partial charge in [0, 0.05) is 10.1 Å². The Bertz CT molecular complexity index is 1070. The van der Waals surface area contributed by atoms with Gasteiger partial charge in [0.05, 0.1) is 11.0 Å². The minimum atomic E-state index is -0.243. The van der Waals surface area contributed by atoms with E-state index in [0.29, 0.717) is 6.61 Å². The molecular formula is C24H21FO2S. The molecule has 4 heteroatoms. The maximum atomic E-state index is 13.4. The van der Waals surface area contributed by atoms with Gasteiger partial charge in [0.2, 0.25) is 0 Å². The van der Waals surface area contributed by atoms with E-state index in [2.05, 4.69) is 0 Å². The summed E-state index contributed by atoms with van der Waals surface area (Å²) in [6, 6.07) is 22.7. The number of fused-ring (bicyclic) bond motifs is 1. The van der Waals surface area contributed by atoms with Crippen LogP contribution in [-0.4, -0.2) is 6.10 Å². The maximum absolute atomic E-state index is 13.4. The molecule has 0 aliphatic carbocycles. The van der Waals surface area contributed by atoms with Crippen LogP contribution < -0.4 is 9.47 Å². The van der Waals surface area contributed by atoms with Crippen LogP contribution >= 0.6 is 11.3 Å². The first kappa shape index (κ1) is 18.5. The van der Waals surface area contributed by atoms with E-state index >= 15 is 0 Å². The van der Waals surface area contributed by atoms with Gasteiger partial charge in [0.15, 0.2) is 0 Å². The van der Waals surface area contributed by atoms with Gasteiger partial charge in [0.25, 0.3) is 0 Å². The molecule has 4 rings (SSSR count). The topological polar surface area (TPSA) is 18.5 Å². The largest absolute Gasteiger partial charge is 0.489 e. The Hall–Kier alpha value is -2.85. The van der Waals surface area contributed by atoms with E-state index < -0.39 is 0 Å². The zero-order chi connectivity index (χ0) is 19.5. The zero-order valence-electron chi connectivity index (χ0n) is 15.8. The van der Waals surface area contributed by atoms with Gasteiger partial charge in [-0.1, -0.05) is 42.5 Å². The molecule has 28 heavy (non-hydrogen) atoms. The molecular weight excluding hydrogens is 371 g/mol. The Balaban J connectivity index is 1.69. The predicted molar refractivity (Wildman–Crippen MR) is 114 cm³/mol. The standard InChI is InChI=1S/C24H21FO2S/c1-16(2)27-23-21-13-12-20(26-15-17-6-4-3-5-7-17)14-22(21)28-24(23)18-8-10-19(25)11-9-18/h3-14,16H,15H2,1-2H3. The highest BCUT2D eigenvalue weighted by Gasteiger charge is 2.17. The van der Waals surface area contributed by atoms with Crippen LogP contribution in [0.15, 0.2) is 72.8 Å². The lowest BCUT2D eigenvalue weighted by atomic mass is 10.1. The molecule has 0 saturated heterocycles.